The number of anilines is 1. The molecule has 2 heterocycles. The van der Waals surface area contributed by atoms with Gasteiger partial charge in [0.25, 0.3) is 5.91 Å². The minimum absolute atomic E-state index is 0.0779. The van der Waals surface area contributed by atoms with Crippen molar-refractivity contribution in [2.45, 2.75) is 52.7 Å². The van der Waals surface area contributed by atoms with E-state index in [0.717, 1.165) is 16.8 Å². The lowest BCUT2D eigenvalue weighted by molar-refractivity contribution is -0.141. The van der Waals surface area contributed by atoms with Gasteiger partial charge in [-0.15, -0.1) is 0 Å². The lowest BCUT2D eigenvalue weighted by atomic mass is 9.92. The maximum atomic E-state index is 13.1. The van der Waals surface area contributed by atoms with Crippen LogP contribution in [0, 0.1) is 12.3 Å². The molecule has 6 nitrogen and oxygen atoms in total. The Hall–Kier alpha value is -2.08. The number of benzene rings is 1. The van der Waals surface area contributed by atoms with Crippen LogP contribution >= 0.6 is 0 Å². The molecule has 1 saturated heterocycles. The van der Waals surface area contributed by atoms with E-state index >= 15 is 0 Å². The molecule has 25 heavy (non-hydrogen) atoms. The number of carbonyl (C=O) groups excluding carboxylic acids is 2. The summed E-state index contributed by atoms with van der Waals surface area (Å²) in [5.41, 5.74) is 0.222. The zero-order valence-electron chi connectivity index (χ0n) is 16.0. The van der Waals surface area contributed by atoms with Gasteiger partial charge in [-0.05, 0) is 43.9 Å². The first kappa shape index (κ1) is 17.7. The monoisotopic (exact) mass is 345 g/mol. The highest BCUT2D eigenvalue weighted by Crippen LogP contribution is 2.48. The third kappa shape index (κ3) is 2.51. The van der Waals surface area contributed by atoms with Gasteiger partial charge in [-0.2, -0.15) is 0 Å². The number of nitrogens with zero attached hydrogens (tertiary/aromatic N) is 1. The molecule has 1 aromatic carbocycles. The first-order chi connectivity index (χ1) is 11.4. The summed E-state index contributed by atoms with van der Waals surface area (Å²) >= 11 is 0. The van der Waals surface area contributed by atoms with E-state index < -0.39 is 11.2 Å². The average molecular weight is 345 g/mol. The highest BCUT2D eigenvalue weighted by molar-refractivity contribution is 6.11. The average Bonchev–Trinajstić information content (AvgIpc) is 2.86. The van der Waals surface area contributed by atoms with Crippen LogP contribution in [0.15, 0.2) is 12.1 Å². The van der Waals surface area contributed by atoms with E-state index in [2.05, 4.69) is 31.4 Å². The highest BCUT2D eigenvalue weighted by atomic mass is 16.5. The number of methoxy groups -OCH3 is 1. The number of hydrogen-bond donors (Lipinski definition) is 2. The molecule has 2 aliphatic rings. The molecule has 2 aliphatic heterocycles. The van der Waals surface area contributed by atoms with E-state index in [0.29, 0.717) is 12.3 Å². The first-order valence-corrected chi connectivity index (χ1v) is 8.54. The molecule has 136 valence electrons. The van der Waals surface area contributed by atoms with Crippen LogP contribution in [-0.4, -0.2) is 35.9 Å². The van der Waals surface area contributed by atoms with Crippen LogP contribution in [0.1, 0.15) is 45.7 Å². The van der Waals surface area contributed by atoms with Gasteiger partial charge in [0.2, 0.25) is 11.6 Å². The van der Waals surface area contributed by atoms with Crippen LogP contribution in [0.3, 0.4) is 0 Å². The zero-order valence-corrected chi connectivity index (χ0v) is 16.0. The van der Waals surface area contributed by atoms with Gasteiger partial charge in [0.15, 0.2) is 0 Å². The summed E-state index contributed by atoms with van der Waals surface area (Å²) in [6.07, 6.45) is 0. The van der Waals surface area contributed by atoms with Crippen LogP contribution in [-0.2, 0) is 15.3 Å². The molecular weight excluding hydrogens is 318 g/mol. The van der Waals surface area contributed by atoms with E-state index in [-0.39, 0.29) is 17.2 Å². The Morgan fingerprint density at radius 3 is 2.40 bits per heavy atom. The Morgan fingerprint density at radius 2 is 1.84 bits per heavy atom. The van der Waals surface area contributed by atoms with E-state index in [1.165, 1.54) is 0 Å². The topological polar surface area (TPSA) is 70.7 Å². The van der Waals surface area contributed by atoms with E-state index in [1.54, 1.807) is 12.0 Å². The van der Waals surface area contributed by atoms with Crippen molar-refractivity contribution in [2.75, 3.05) is 19.0 Å². The number of fused-ring (bicyclic) bond motifs is 2. The van der Waals surface area contributed by atoms with Crippen molar-refractivity contribution >= 4 is 17.5 Å². The zero-order chi connectivity index (χ0) is 18.8. The maximum Gasteiger partial charge on any atom is 0.270 e. The number of aryl methyl sites for hydroxylation is 1. The SMILES string of the molecule is COc1cc(C)c2c(c1)C1(NC(C)(C)C(=O)N1CC(C)(C)C)C(=O)N2. The molecule has 2 amide bonds. The number of carbonyl (C=O) groups is 2. The van der Waals surface area contributed by atoms with Crippen molar-refractivity contribution < 1.29 is 14.3 Å². The van der Waals surface area contributed by atoms with Crippen molar-refractivity contribution in [1.82, 2.24) is 10.2 Å². The summed E-state index contributed by atoms with van der Waals surface area (Å²) in [5, 5.41) is 6.29. The lowest BCUT2D eigenvalue weighted by Gasteiger charge is -2.37. The highest BCUT2D eigenvalue weighted by Gasteiger charge is 2.63. The minimum Gasteiger partial charge on any atom is -0.497 e. The molecule has 6 heteroatoms. The summed E-state index contributed by atoms with van der Waals surface area (Å²) in [5.74, 6) is 0.370. The maximum absolute atomic E-state index is 13.1. The Morgan fingerprint density at radius 1 is 1.20 bits per heavy atom. The number of nitrogens with one attached hydrogen (secondary N) is 2. The van der Waals surface area contributed by atoms with Gasteiger partial charge in [-0.3, -0.25) is 14.9 Å². The molecule has 0 aliphatic carbocycles. The van der Waals surface area contributed by atoms with Crippen LogP contribution < -0.4 is 15.4 Å². The standard InChI is InChI=1S/C19H27N3O3/c1-11-8-12(25-7)9-13-14(11)20-15(23)19(13)21-18(5,6)16(24)22(19)10-17(2,3)4/h8-9,21H,10H2,1-7H3,(H,20,23). The Bertz CT molecular complexity index is 764. The Balaban J connectivity index is 2.25. The molecule has 1 aromatic rings. The number of hydrogen-bond acceptors (Lipinski definition) is 4. The van der Waals surface area contributed by atoms with E-state index in [1.807, 2.05) is 32.9 Å². The molecule has 0 aromatic heterocycles. The van der Waals surface area contributed by atoms with Crippen LogP contribution in [0.2, 0.25) is 0 Å². The quantitative estimate of drug-likeness (QED) is 0.863. The molecule has 1 spiro atoms. The predicted octanol–water partition coefficient (Wildman–Crippen LogP) is 2.37. The smallest absolute Gasteiger partial charge is 0.270 e. The molecule has 2 N–H and O–H groups in total. The number of amides is 2. The molecule has 1 atom stereocenters. The molecule has 0 radical (unpaired) electrons. The second-order valence-electron chi connectivity index (χ2n) is 8.73. The third-order valence-electron chi connectivity index (χ3n) is 4.81. The number of ether oxygens (including phenoxy) is 1. The van der Waals surface area contributed by atoms with Gasteiger partial charge in [-0.1, -0.05) is 20.8 Å². The first-order valence-electron chi connectivity index (χ1n) is 8.54. The fraction of sp³-hybridized carbons (Fsp3) is 0.579. The normalized spacial score (nSPS) is 24.7. The summed E-state index contributed by atoms with van der Waals surface area (Å²) in [7, 11) is 1.60. The van der Waals surface area contributed by atoms with Gasteiger partial charge >= 0.3 is 0 Å². The molecule has 1 fully saturated rings. The fourth-order valence-electron chi connectivity index (χ4n) is 3.77. The van der Waals surface area contributed by atoms with Gasteiger partial charge < -0.3 is 15.0 Å². The third-order valence-corrected chi connectivity index (χ3v) is 4.81. The predicted molar refractivity (Wildman–Crippen MR) is 96.4 cm³/mol. The second-order valence-corrected chi connectivity index (χ2v) is 8.73. The van der Waals surface area contributed by atoms with Crippen molar-refractivity contribution in [1.29, 1.82) is 0 Å². The molecular formula is C19H27N3O3. The molecule has 0 saturated carbocycles. The molecule has 1 unspecified atom stereocenters. The second kappa shape index (κ2) is 5.21. The Labute approximate surface area is 148 Å². The lowest BCUT2D eigenvalue weighted by Crippen LogP contribution is -2.57. The summed E-state index contributed by atoms with van der Waals surface area (Å²) in [4.78, 5) is 27.9. The number of rotatable bonds is 2. The summed E-state index contributed by atoms with van der Waals surface area (Å²) < 4.78 is 5.40. The van der Waals surface area contributed by atoms with Crippen molar-refractivity contribution in [2.24, 2.45) is 5.41 Å². The van der Waals surface area contributed by atoms with Crippen LogP contribution in [0.4, 0.5) is 5.69 Å². The van der Waals surface area contributed by atoms with Crippen molar-refractivity contribution in [3.63, 3.8) is 0 Å². The Kier molecular flexibility index (Phi) is 3.69. The van der Waals surface area contributed by atoms with E-state index in [4.69, 9.17) is 4.74 Å². The summed E-state index contributed by atoms with van der Waals surface area (Å²) in [6.45, 7) is 12.2. The van der Waals surface area contributed by atoms with Gasteiger partial charge in [0.1, 0.15) is 5.75 Å². The van der Waals surface area contributed by atoms with Crippen molar-refractivity contribution in [3.8, 4) is 5.75 Å². The summed E-state index contributed by atoms with van der Waals surface area (Å²) in [6, 6.07) is 3.73. The van der Waals surface area contributed by atoms with Gasteiger partial charge in [0, 0.05) is 12.1 Å². The van der Waals surface area contributed by atoms with Crippen LogP contribution in [0.25, 0.3) is 0 Å². The molecule has 3 rings (SSSR count). The molecule has 0 bridgehead atoms. The minimum atomic E-state index is -1.21. The van der Waals surface area contributed by atoms with E-state index in [9.17, 15) is 9.59 Å². The fourth-order valence-corrected chi connectivity index (χ4v) is 3.77. The van der Waals surface area contributed by atoms with Crippen LogP contribution in [0.5, 0.6) is 5.75 Å². The van der Waals surface area contributed by atoms with Gasteiger partial charge in [-0.25, -0.2) is 0 Å². The largest absolute Gasteiger partial charge is 0.497 e. The van der Waals surface area contributed by atoms with Gasteiger partial charge in [0.05, 0.1) is 18.3 Å². The van der Waals surface area contributed by atoms with Crippen molar-refractivity contribution in [3.05, 3.63) is 23.3 Å².